The number of benzene rings is 2. The number of hydrogen-bond acceptors (Lipinski definition) is 5. The lowest BCUT2D eigenvalue weighted by atomic mass is 10.1. The highest BCUT2D eigenvalue weighted by Crippen LogP contribution is 2.43. The zero-order chi connectivity index (χ0) is 20.6. The number of piperazine rings is 1. The normalized spacial score (nSPS) is 25.0. The highest BCUT2D eigenvalue weighted by atomic mass is 16.5. The summed E-state index contributed by atoms with van der Waals surface area (Å²) in [5.41, 5.74) is 0.816. The molecule has 3 atom stereocenters. The fraction of sp³-hybridized carbons (Fsp3) is 0.273. The van der Waals surface area contributed by atoms with Gasteiger partial charge in [0.2, 0.25) is 0 Å². The Kier molecular flexibility index (Phi) is 3.39. The molecule has 3 aliphatic rings. The monoisotopic (exact) mass is 402 g/mol. The van der Waals surface area contributed by atoms with Crippen molar-refractivity contribution in [1.29, 1.82) is 0 Å². The van der Waals surface area contributed by atoms with Crippen LogP contribution in [0.4, 0.5) is 10.5 Å². The summed E-state index contributed by atoms with van der Waals surface area (Å²) in [4.78, 5) is 44.2. The molecule has 0 radical (unpaired) electrons. The maximum atomic E-state index is 13.4. The Hall–Kier alpha value is -3.68. The number of hydrogen-bond donors (Lipinski definition) is 0. The second-order valence-corrected chi connectivity index (χ2v) is 8.04. The van der Waals surface area contributed by atoms with Gasteiger partial charge in [0.1, 0.15) is 11.8 Å². The van der Waals surface area contributed by atoms with Gasteiger partial charge in [-0.05, 0) is 24.8 Å². The van der Waals surface area contributed by atoms with E-state index in [1.54, 1.807) is 28.9 Å². The van der Waals surface area contributed by atoms with Crippen LogP contribution in [-0.4, -0.2) is 57.5 Å². The van der Waals surface area contributed by atoms with E-state index >= 15 is 0 Å². The van der Waals surface area contributed by atoms with Gasteiger partial charge >= 0.3 is 6.03 Å². The number of anilines is 1. The second kappa shape index (κ2) is 5.91. The first kappa shape index (κ1) is 17.2. The summed E-state index contributed by atoms with van der Waals surface area (Å²) in [6, 6.07) is 13.4. The van der Waals surface area contributed by atoms with Crippen LogP contribution in [0.5, 0.6) is 0 Å². The molecule has 8 nitrogen and oxygen atoms in total. The minimum atomic E-state index is -0.660. The van der Waals surface area contributed by atoms with Gasteiger partial charge < -0.3 is 14.3 Å². The lowest BCUT2D eigenvalue weighted by molar-refractivity contribution is -0.121. The predicted octanol–water partition coefficient (Wildman–Crippen LogP) is 2.57. The molecular weight excluding hydrogens is 384 g/mol. The van der Waals surface area contributed by atoms with E-state index in [2.05, 4.69) is 5.16 Å². The quantitative estimate of drug-likeness (QED) is 0.615. The van der Waals surface area contributed by atoms with Crippen LogP contribution in [0.25, 0.3) is 10.8 Å². The van der Waals surface area contributed by atoms with Gasteiger partial charge in [0, 0.05) is 18.0 Å². The van der Waals surface area contributed by atoms with Crippen LogP contribution in [-0.2, 0) is 4.79 Å². The molecule has 3 saturated heterocycles. The lowest BCUT2D eigenvalue weighted by Gasteiger charge is -2.34. The smallest absolute Gasteiger partial charge is 0.332 e. The van der Waals surface area contributed by atoms with E-state index in [-0.39, 0.29) is 35.6 Å². The fourth-order valence-corrected chi connectivity index (χ4v) is 5.13. The minimum Gasteiger partial charge on any atom is -0.361 e. The zero-order valence-electron chi connectivity index (χ0n) is 16.2. The summed E-state index contributed by atoms with van der Waals surface area (Å²) in [5.74, 6) is 0.0131. The molecule has 30 heavy (non-hydrogen) atoms. The number of amides is 4. The van der Waals surface area contributed by atoms with E-state index in [4.69, 9.17) is 4.52 Å². The fourth-order valence-electron chi connectivity index (χ4n) is 5.13. The molecule has 8 heteroatoms. The van der Waals surface area contributed by atoms with Gasteiger partial charge in [-0.3, -0.25) is 9.59 Å². The summed E-state index contributed by atoms with van der Waals surface area (Å²) < 4.78 is 5.03. The Labute approximate surface area is 171 Å². The van der Waals surface area contributed by atoms with Crippen molar-refractivity contribution in [2.75, 3.05) is 11.4 Å². The zero-order valence-corrected chi connectivity index (χ0v) is 16.2. The number of urea groups is 1. The maximum absolute atomic E-state index is 13.4. The SMILES string of the molecule is Cc1cc(C(=O)N2CC3CC2[C@@H]2C(=O)N(c4cccc5ccccc45)C(=O)N32)no1. The van der Waals surface area contributed by atoms with Gasteiger partial charge in [0.25, 0.3) is 11.8 Å². The average Bonchev–Trinajstić information content (AvgIpc) is 3.51. The molecule has 4 amide bonds. The largest absolute Gasteiger partial charge is 0.361 e. The van der Waals surface area contributed by atoms with Crippen molar-refractivity contribution in [3.05, 3.63) is 60.0 Å². The first-order valence-corrected chi connectivity index (χ1v) is 9.93. The van der Waals surface area contributed by atoms with E-state index in [9.17, 15) is 14.4 Å². The first-order chi connectivity index (χ1) is 14.5. The topological polar surface area (TPSA) is 87.0 Å². The Morgan fingerprint density at radius 2 is 1.93 bits per heavy atom. The number of aromatic nitrogens is 1. The number of aryl methyl sites for hydroxylation is 1. The molecule has 3 fully saturated rings. The minimum absolute atomic E-state index is 0.173. The molecule has 3 aromatic rings. The number of nitrogens with zero attached hydrogens (tertiary/aromatic N) is 4. The Morgan fingerprint density at radius 1 is 1.13 bits per heavy atom. The van der Waals surface area contributed by atoms with Crippen molar-refractivity contribution in [3.63, 3.8) is 0 Å². The summed E-state index contributed by atoms with van der Waals surface area (Å²) in [5, 5.41) is 5.63. The van der Waals surface area contributed by atoms with Gasteiger partial charge in [-0.25, -0.2) is 9.69 Å². The highest BCUT2D eigenvalue weighted by molar-refractivity contribution is 6.25. The van der Waals surface area contributed by atoms with E-state index in [1.165, 1.54) is 4.90 Å². The molecule has 0 spiro atoms. The molecule has 2 aromatic carbocycles. The van der Waals surface area contributed by atoms with E-state index in [0.29, 0.717) is 24.4 Å². The number of rotatable bonds is 2. The highest BCUT2D eigenvalue weighted by Gasteiger charge is 2.63. The Balaban J connectivity index is 1.36. The Morgan fingerprint density at radius 3 is 2.73 bits per heavy atom. The molecule has 0 N–H and O–H groups in total. The molecule has 2 bridgehead atoms. The van der Waals surface area contributed by atoms with Crippen LogP contribution in [0, 0.1) is 6.92 Å². The predicted molar refractivity (Wildman–Crippen MR) is 107 cm³/mol. The van der Waals surface area contributed by atoms with Crippen LogP contribution < -0.4 is 4.90 Å². The van der Waals surface area contributed by atoms with Crippen molar-refractivity contribution in [2.24, 2.45) is 0 Å². The first-order valence-electron chi connectivity index (χ1n) is 9.93. The van der Waals surface area contributed by atoms with Gasteiger partial charge in [0.15, 0.2) is 5.69 Å². The molecule has 0 saturated carbocycles. The molecule has 0 aliphatic carbocycles. The second-order valence-electron chi connectivity index (χ2n) is 8.04. The van der Waals surface area contributed by atoms with E-state index in [0.717, 1.165) is 10.8 Å². The number of fused-ring (bicyclic) bond motifs is 6. The maximum Gasteiger partial charge on any atom is 0.332 e. The summed E-state index contributed by atoms with van der Waals surface area (Å²) >= 11 is 0. The number of carbonyl (C=O) groups excluding carboxylic acids is 3. The third-order valence-corrected chi connectivity index (χ3v) is 6.38. The van der Waals surface area contributed by atoms with Crippen molar-refractivity contribution in [2.45, 2.75) is 31.5 Å². The summed E-state index contributed by atoms with van der Waals surface area (Å²) in [6.07, 6.45) is 0.605. The van der Waals surface area contributed by atoms with Crippen LogP contribution in [0.1, 0.15) is 22.7 Å². The Bertz CT molecular complexity index is 1230. The molecule has 1 aromatic heterocycles. The molecule has 150 valence electrons. The number of imide groups is 1. The molecule has 6 rings (SSSR count). The standard InChI is InChI=1S/C22H18N4O4/c1-12-9-16(23-30-12)20(27)24-11-14-10-18(24)19-21(28)26(22(29)25(14)19)17-8-4-6-13-5-2-3-7-15(13)17/h2-9,14,18-19H,10-11H2,1H3/t14?,18?,19-/m1/s1. The lowest BCUT2D eigenvalue weighted by Crippen LogP contribution is -2.54. The average molecular weight is 402 g/mol. The van der Waals surface area contributed by atoms with Gasteiger partial charge in [0.05, 0.1) is 17.8 Å². The number of likely N-dealkylation sites (tertiary alicyclic amines) is 1. The van der Waals surface area contributed by atoms with E-state index in [1.807, 2.05) is 36.4 Å². The van der Waals surface area contributed by atoms with Crippen molar-refractivity contribution in [1.82, 2.24) is 15.0 Å². The third-order valence-electron chi connectivity index (χ3n) is 6.38. The van der Waals surface area contributed by atoms with Gasteiger partial charge in [-0.2, -0.15) is 0 Å². The summed E-state index contributed by atoms with van der Waals surface area (Å²) in [7, 11) is 0. The van der Waals surface area contributed by atoms with Gasteiger partial charge in [-0.1, -0.05) is 41.6 Å². The third kappa shape index (κ3) is 2.16. The molecular formula is C22H18N4O4. The van der Waals surface area contributed by atoms with Crippen molar-refractivity contribution in [3.8, 4) is 0 Å². The van der Waals surface area contributed by atoms with E-state index < -0.39 is 6.04 Å². The van der Waals surface area contributed by atoms with Crippen molar-refractivity contribution < 1.29 is 18.9 Å². The molecule has 2 unspecified atom stereocenters. The molecule has 4 heterocycles. The van der Waals surface area contributed by atoms with Gasteiger partial charge in [-0.15, -0.1) is 0 Å². The van der Waals surface area contributed by atoms with Crippen molar-refractivity contribution >= 4 is 34.3 Å². The van der Waals surface area contributed by atoms with Crippen LogP contribution in [0.2, 0.25) is 0 Å². The number of carbonyl (C=O) groups is 3. The molecule has 3 aliphatic heterocycles. The summed E-state index contributed by atoms with van der Waals surface area (Å²) in [6.45, 7) is 2.12. The van der Waals surface area contributed by atoms with Crippen LogP contribution in [0.15, 0.2) is 53.1 Å². The van der Waals surface area contributed by atoms with Crippen LogP contribution in [0.3, 0.4) is 0 Å². The van der Waals surface area contributed by atoms with Crippen LogP contribution >= 0.6 is 0 Å².